The van der Waals surface area contributed by atoms with Crippen LogP contribution in [-0.2, 0) is 6.18 Å². The highest BCUT2D eigenvalue weighted by molar-refractivity contribution is 5.61. The average Bonchev–Trinajstić information content (AvgIpc) is 2.93. The fourth-order valence-corrected chi connectivity index (χ4v) is 2.61. The summed E-state index contributed by atoms with van der Waals surface area (Å²) in [5, 5.41) is 7.21. The van der Waals surface area contributed by atoms with Crippen LogP contribution in [0.15, 0.2) is 48.5 Å². The van der Waals surface area contributed by atoms with E-state index in [0.29, 0.717) is 11.3 Å². The molecular formula is C17H14F3N3. The lowest BCUT2D eigenvalue weighted by Gasteiger charge is -2.16. The lowest BCUT2D eigenvalue weighted by atomic mass is 10.1. The molecule has 118 valence electrons. The van der Waals surface area contributed by atoms with E-state index >= 15 is 0 Å². The Morgan fingerprint density at radius 2 is 1.43 bits per heavy atom. The van der Waals surface area contributed by atoms with Gasteiger partial charge in [-0.2, -0.15) is 13.2 Å². The maximum Gasteiger partial charge on any atom is 0.452 e. The highest BCUT2D eigenvalue weighted by Gasteiger charge is 2.39. The summed E-state index contributed by atoms with van der Waals surface area (Å²) in [5.41, 5.74) is 2.50. The monoisotopic (exact) mass is 317 g/mol. The second-order valence-electron chi connectivity index (χ2n) is 5.29. The highest BCUT2D eigenvalue weighted by atomic mass is 19.4. The lowest BCUT2D eigenvalue weighted by Crippen LogP contribution is -2.16. The van der Waals surface area contributed by atoms with Crippen molar-refractivity contribution in [2.24, 2.45) is 0 Å². The van der Waals surface area contributed by atoms with Crippen molar-refractivity contribution in [1.82, 2.24) is 14.8 Å². The van der Waals surface area contributed by atoms with Gasteiger partial charge < -0.3 is 0 Å². The first-order chi connectivity index (χ1) is 10.9. The van der Waals surface area contributed by atoms with Crippen molar-refractivity contribution < 1.29 is 13.2 Å². The standard InChI is InChI=1S/C17H14F3N3/c1-11-7-6-8-12(2)14(11)23-15(13-9-4-3-5-10-13)21-22-16(23)17(18,19)20/h3-10H,1-2H3. The zero-order valence-corrected chi connectivity index (χ0v) is 12.6. The molecule has 0 fully saturated rings. The molecule has 0 saturated carbocycles. The summed E-state index contributed by atoms with van der Waals surface area (Å²) in [5.74, 6) is -0.843. The van der Waals surface area contributed by atoms with E-state index in [-0.39, 0.29) is 5.82 Å². The number of aryl methyl sites for hydroxylation is 2. The minimum absolute atomic E-state index is 0.176. The Kier molecular flexibility index (Phi) is 3.67. The maximum atomic E-state index is 13.4. The van der Waals surface area contributed by atoms with Crippen LogP contribution in [0.25, 0.3) is 17.1 Å². The van der Waals surface area contributed by atoms with E-state index in [2.05, 4.69) is 10.2 Å². The Morgan fingerprint density at radius 1 is 0.826 bits per heavy atom. The summed E-state index contributed by atoms with van der Waals surface area (Å²) in [7, 11) is 0. The van der Waals surface area contributed by atoms with Crippen molar-refractivity contribution in [2.75, 3.05) is 0 Å². The van der Waals surface area contributed by atoms with E-state index in [0.717, 1.165) is 15.7 Å². The van der Waals surface area contributed by atoms with Crippen molar-refractivity contribution in [3.8, 4) is 17.1 Å². The molecule has 1 heterocycles. The van der Waals surface area contributed by atoms with Crippen LogP contribution in [0.2, 0.25) is 0 Å². The van der Waals surface area contributed by atoms with E-state index in [4.69, 9.17) is 0 Å². The normalized spacial score (nSPS) is 11.7. The predicted octanol–water partition coefficient (Wildman–Crippen LogP) is 4.57. The molecule has 2 aromatic carbocycles. The van der Waals surface area contributed by atoms with Gasteiger partial charge in [-0.3, -0.25) is 4.57 Å². The molecule has 3 nitrogen and oxygen atoms in total. The zero-order chi connectivity index (χ0) is 16.6. The second kappa shape index (κ2) is 5.53. The molecule has 0 aliphatic carbocycles. The second-order valence-corrected chi connectivity index (χ2v) is 5.29. The van der Waals surface area contributed by atoms with Crippen LogP contribution >= 0.6 is 0 Å². The quantitative estimate of drug-likeness (QED) is 0.693. The molecule has 0 spiro atoms. The van der Waals surface area contributed by atoms with Crippen molar-refractivity contribution in [2.45, 2.75) is 20.0 Å². The molecule has 0 unspecified atom stereocenters. The van der Waals surface area contributed by atoms with Crippen LogP contribution in [0.4, 0.5) is 13.2 Å². The first kappa shape index (κ1) is 15.3. The van der Waals surface area contributed by atoms with Gasteiger partial charge in [0.2, 0.25) is 5.82 Å². The summed E-state index contributed by atoms with van der Waals surface area (Å²) in [6.07, 6.45) is -4.59. The molecule has 0 aliphatic heterocycles. The van der Waals surface area contributed by atoms with Crippen molar-refractivity contribution in [3.63, 3.8) is 0 Å². The van der Waals surface area contributed by atoms with Crippen LogP contribution in [0, 0.1) is 13.8 Å². The number of para-hydroxylation sites is 1. The van der Waals surface area contributed by atoms with Gasteiger partial charge in [0, 0.05) is 5.56 Å². The molecule has 0 saturated heterocycles. The van der Waals surface area contributed by atoms with E-state index in [1.165, 1.54) is 0 Å². The van der Waals surface area contributed by atoms with Crippen molar-refractivity contribution in [3.05, 3.63) is 65.5 Å². The van der Waals surface area contributed by atoms with Gasteiger partial charge in [-0.1, -0.05) is 48.5 Å². The third-order valence-corrected chi connectivity index (χ3v) is 3.61. The molecule has 0 amide bonds. The molecule has 0 N–H and O–H groups in total. The summed E-state index contributed by atoms with van der Waals surface area (Å²) in [4.78, 5) is 0. The third-order valence-electron chi connectivity index (χ3n) is 3.61. The molecule has 0 atom stereocenters. The molecule has 1 aromatic heterocycles. The predicted molar refractivity (Wildman–Crippen MR) is 81.3 cm³/mol. The van der Waals surface area contributed by atoms with Gasteiger partial charge in [-0.05, 0) is 25.0 Å². The molecule has 3 rings (SSSR count). The molecule has 0 aliphatic rings. The average molecular weight is 317 g/mol. The number of hydrogen-bond acceptors (Lipinski definition) is 2. The summed E-state index contributed by atoms with van der Waals surface area (Å²) < 4.78 is 41.3. The summed E-state index contributed by atoms with van der Waals surface area (Å²) in [6, 6.07) is 14.1. The molecule has 0 bridgehead atoms. The number of halogens is 3. The van der Waals surface area contributed by atoms with E-state index < -0.39 is 12.0 Å². The Labute approximate surface area is 131 Å². The number of hydrogen-bond donors (Lipinski definition) is 0. The van der Waals surface area contributed by atoms with Gasteiger partial charge in [0.1, 0.15) is 0 Å². The van der Waals surface area contributed by atoms with E-state index in [1.807, 2.05) is 6.07 Å². The molecular weight excluding hydrogens is 303 g/mol. The summed E-state index contributed by atoms with van der Waals surface area (Å²) >= 11 is 0. The summed E-state index contributed by atoms with van der Waals surface area (Å²) in [6.45, 7) is 3.55. The van der Waals surface area contributed by atoms with E-state index in [1.54, 1.807) is 56.3 Å². The van der Waals surface area contributed by atoms with Crippen LogP contribution < -0.4 is 0 Å². The van der Waals surface area contributed by atoms with Gasteiger partial charge in [-0.25, -0.2) is 0 Å². The molecule has 6 heteroatoms. The Morgan fingerprint density at radius 3 is 2.00 bits per heavy atom. The number of benzene rings is 2. The van der Waals surface area contributed by atoms with Crippen molar-refractivity contribution >= 4 is 0 Å². The third kappa shape index (κ3) is 2.72. The Hall–Kier alpha value is -2.63. The molecule has 23 heavy (non-hydrogen) atoms. The molecule has 3 aromatic rings. The van der Waals surface area contributed by atoms with Gasteiger partial charge in [0.05, 0.1) is 5.69 Å². The Bertz CT molecular complexity index is 816. The van der Waals surface area contributed by atoms with Crippen LogP contribution in [0.3, 0.4) is 0 Å². The SMILES string of the molecule is Cc1cccc(C)c1-n1c(-c2ccccc2)nnc1C(F)(F)F. The van der Waals surface area contributed by atoms with Crippen molar-refractivity contribution in [1.29, 1.82) is 0 Å². The Balaban J connectivity index is 2.35. The first-order valence-electron chi connectivity index (χ1n) is 7.04. The number of nitrogens with zero attached hydrogens (tertiary/aromatic N) is 3. The van der Waals surface area contributed by atoms with Crippen LogP contribution in [0.1, 0.15) is 17.0 Å². The zero-order valence-electron chi connectivity index (χ0n) is 12.6. The maximum absolute atomic E-state index is 13.4. The largest absolute Gasteiger partial charge is 0.452 e. The fourth-order valence-electron chi connectivity index (χ4n) is 2.61. The van der Waals surface area contributed by atoms with Crippen LogP contribution in [-0.4, -0.2) is 14.8 Å². The van der Waals surface area contributed by atoms with Gasteiger partial charge in [0.15, 0.2) is 5.82 Å². The minimum atomic E-state index is -4.59. The fraction of sp³-hybridized carbons (Fsp3) is 0.176. The van der Waals surface area contributed by atoms with Gasteiger partial charge >= 0.3 is 6.18 Å². The molecule has 0 radical (unpaired) electrons. The number of alkyl halides is 3. The smallest absolute Gasteiger partial charge is 0.271 e. The van der Waals surface area contributed by atoms with E-state index in [9.17, 15) is 13.2 Å². The minimum Gasteiger partial charge on any atom is -0.271 e. The highest BCUT2D eigenvalue weighted by Crippen LogP contribution is 2.35. The lowest BCUT2D eigenvalue weighted by molar-refractivity contribution is -0.146. The van der Waals surface area contributed by atoms with Gasteiger partial charge in [-0.15, -0.1) is 10.2 Å². The number of rotatable bonds is 2. The number of aromatic nitrogens is 3. The first-order valence-corrected chi connectivity index (χ1v) is 7.04. The van der Waals surface area contributed by atoms with Crippen LogP contribution in [0.5, 0.6) is 0 Å². The van der Waals surface area contributed by atoms with Gasteiger partial charge in [0.25, 0.3) is 0 Å². The topological polar surface area (TPSA) is 30.7 Å².